The molecule has 2 unspecified atom stereocenters. The quantitative estimate of drug-likeness (QED) is 0.790. The zero-order valence-corrected chi connectivity index (χ0v) is 13.8. The molecule has 2 atom stereocenters. The molecule has 1 heterocycles. The van der Waals surface area contributed by atoms with Gasteiger partial charge in [-0.2, -0.15) is 0 Å². The molecule has 0 spiro atoms. The van der Waals surface area contributed by atoms with Gasteiger partial charge in [0.25, 0.3) is 0 Å². The average molecular weight is 300 g/mol. The molecule has 6 heteroatoms. The Balaban J connectivity index is 2.68. The first-order chi connectivity index (χ1) is 9.78. The van der Waals surface area contributed by atoms with Crippen LogP contribution in [0.2, 0.25) is 0 Å². The van der Waals surface area contributed by atoms with Crippen molar-refractivity contribution in [2.75, 3.05) is 13.7 Å². The molecule has 1 aliphatic heterocycles. The van der Waals surface area contributed by atoms with Crippen molar-refractivity contribution in [3.8, 4) is 0 Å². The van der Waals surface area contributed by atoms with E-state index in [0.717, 1.165) is 32.2 Å². The molecular formula is C15H28N2O4. The second-order valence-electron chi connectivity index (χ2n) is 6.43. The SMILES string of the molecule is CCCC(C(=O)OC)C1CCCN1NC(=O)OC(C)(C)C. The maximum absolute atomic E-state index is 12.0. The van der Waals surface area contributed by atoms with Crippen LogP contribution in [-0.4, -0.2) is 42.4 Å². The fourth-order valence-electron chi connectivity index (χ4n) is 2.70. The Bertz CT molecular complexity index is 365. The molecule has 0 aromatic rings. The second kappa shape index (κ2) is 7.64. The van der Waals surface area contributed by atoms with Crippen LogP contribution in [0, 0.1) is 5.92 Å². The van der Waals surface area contributed by atoms with E-state index in [1.54, 1.807) is 0 Å². The number of hydrazine groups is 1. The number of nitrogens with zero attached hydrogens (tertiary/aromatic N) is 1. The Kier molecular flexibility index (Phi) is 6.45. The Morgan fingerprint density at radius 3 is 2.57 bits per heavy atom. The van der Waals surface area contributed by atoms with Gasteiger partial charge in [0.2, 0.25) is 0 Å². The number of rotatable bonds is 5. The number of hydrogen-bond acceptors (Lipinski definition) is 5. The highest BCUT2D eigenvalue weighted by atomic mass is 16.6. The van der Waals surface area contributed by atoms with Gasteiger partial charge in [-0.3, -0.25) is 10.2 Å². The lowest BCUT2D eigenvalue weighted by atomic mass is 9.93. The summed E-state index contributed by atoms with van der Waals surface area (Å²) >= 11 is 0. The maximum Gasteiger partial charge on any atom is 0.422 e. The average Bonchev–Trinajstić information content (AvgIpc) is 2.80. The molecule has 1 amide bonds. The number of ether oxygens (including phenoxy) is 2. The molecule has 0 aliphatic carbocycles. The number of nitrogens with one attached hydrogen (secondary N) is 1. The topological polar surface area (TPSA) is 67.9 Å². The minimum Gasteiger partial charge on any atom is -0.469 e. The van der Waals surface area contributed by atoms with Crippen molar-refractivity contribution in [3.05, 3.63) is 0 Å². The standard InChI is InChI=1S/C15H28N2O4/c1-6-8-11(13(18)20-5)12-9-7-10-17(12)16-14(19)21-15(2,3)4/h11-12H,6-10H2,1-5H3,(H,16,19). The van der Waals surface area contributed by atoms with Crippen molar-refractivity contribution in [1.82, 2.24) is 10.4 Å². The minimum absolute atomic E-state index is 0.0232. The molecule has 1 aliphatic rings. The van der Waals surface area contributed by atoms with Crippen LogP contribution in [0.4, 0.5) is 4.79 Å². The van der Waals surface area contributed by atoms with Gasteiger partial charge >= 0.3 is 12.1 Å². The highest BCUT2D eigenvalue weighted by Crippen LogP contribution is 2.27. The van der Waals surface area contributed by atoms with E-state index >= 15 is 0 Å². The normalized spacial score (nSPS) is 20.9. The van der Waals surface area contributed by atoms with E-state index in [2.05, 4.69) is 5.43 Å². The summed E-state index contributed by atoms with van der Waals surface area (Å²) in [6.07, 6.45) is 2.99. The van der Waals surface area contributed by atoms with E-state index in [1.165, 1.54) is 7.11 Å². The fraction of sp³-hybridized carbons (Fsp3) is 0.867. The molecule has 0 radical (unpaired) electrons. The van der Waals surface area contributed by atoms with Crippen molar-refractivity contribution in [3.63, 3.8) is 0 Å². The van der Waals surface area contributed by atoms with Crippen molar-refractivity contribution in [2.45, 2.75) is 65.0 Å². The van der Waals surface area contributed by atoms with Crippen LogP contribution in [0.3, 0.4) is 0 Å². The summed E-state index contributed by atoms with van der Waals surface area (Å²) < 4.78 is 10.2. The van der Waals surface area contributed by atoms with Gasteiger partial charge in [-0.05, 0) is 40.0 Å². The molecule has 6 nitrogen and oxygen atoms in total. The summed E-state index contributed by atoms with van der Waals surface area (Å²) in [6, 6.07) is -0.0232. The minimum atomic E-state index is -0.537. The van der Waals surface area contributed by atoms with Crippen LogP contribution in [0.5, 0.6) is 0 Å². The van der Waals surface area contributed by atoms with Gasteiger partial charge in [0.1, 0.15) is 5.60 Å². The first-order valence-electron chi connectivity index (χ1n) is 7.62. The Labute approximate surface area is 127 Å². The molecule has 21 heavy (non-hydrogen) atoms. The summed E-state index contributed by atoms with van der Waals surface area (Å²) in [4.78, 5) is 23.8. The maximum atomic E-state index is 12.0. The smallest absolute Gasteiger partial charge is 0.422 e. The highest BCUT2D eigenvalue weighted by Gasteiger charge is 2.37. The number of amides is 1. The third-order valence-corrected chi connectivity index (χ3v) is 3.50. The number of esters is 1. The van der Waals surface area contributed by atoms with E-state index in [-0.39, 0.29) is 17.9 Å². The summed E-state index contributed by atoms with van der Waals surface area (Å²) in [5.74, 6) is -0.419. The summed E-state index contributed by atoms with van der Waals surface area (Å²) in [5.41, 5.74) is 2.23. The van der Waals surface area contributed by atoms with Crippen molar-refractivity contribution >= 4 is 12.1 Å². The number of carbonyl (C=O) groups is 2. The van der Waals surface area contributed by atoms with Crippen LogP contribution in [0.1, 0.15) is 53.4 Å². The molecule has 0 saturated carbocycles. The van der Waals surface area contributed by atoms with Gasteiger partial charge in [0.05, 0.1) is 13.0 Å². The van der Waals surface area contributed by atoms with Gasteiger partial charge in [-0.25, -0.2) is 9.80 Å². The van der Waals surface area contributed by atoms with E-state index < -0.39 is 11.7 Å². The van der Waals surface area contributed by atoms with Crippen molar-refractivity contribution in [1.29, 1.82) is 0 Å². The second-order valence-corrected chi connectivity index (χ2v) is 6.43. The van der Waals surface area contributed by atoms with Crippen LogP contribution in [0.15, 0.2) is 0 Å². The highest BCUT2D eigenvalue weighted by molar-refractivity contribution is 5.73. The first-order valence-corrected chi connectivity index (χ1v) is 7.62. The predicted octanol–water partition coefficient (Wildman–Crippen LogP) is 2.48. The molecule has 0 aromatic carbocycles. The monoisotopic (exact) mass is 300 g/mol. The lowest BCUT2D eigenvalue weighted by Crippen LogP contribution is -2.50. The van der Waals surface area contributed by atoms with E-state index in [0.29, 0.717) is 0 Å². The zero-order chi connectivity index (χ0) is 16.0. The number of carbonyl (C=O) groups excluding carboxylic acids is 2. The summed E-state index contributed by atoms with van der Waals surface area (Å²) in [5, 5.41) is 1.82. The molecule has 1 saturated heterocycles. The molecule has 0 aromatic heterocycles. The van der Waals surface area contributed by atoms with Crippen LogP contribution in [0.25, 0.3) is 0 Å². The Morgan fingerprint density at radius 1 is 1.38 bits per heavy atom. The van der Waals surface area contributed by atoms with Crippen molar-refractivity contribution in [2.24, 2.45) is 5.92 Å². The first kappa shape index (κ1) is 17.8. The lowest BCUT2D eigenvalue weighted by molar-refractivity contribution is -0.148. The summed E-state index contributed by atoms with van der Waals surface area (Å²) in [6.45, 7) is 8.23. The van der Waals surface area contributed by atoms with Gasteiger partial charge in [0.15, 0.2) is 0 Å². The third kappa shape index (κ3) is 5.53. The van der Waals surface area contributed by atoms with Gasteiger partial charge in [-0.1, -0.05) is 13.3 Å². The molecule has 1 rings (SSSR count). The molecule has 122 valence electrons. The fourth-order valence-corrected chi connectivity index (χ4v) is 2.70. The van der Waals surface area contributed by atoms with Gasteiger partial charge in [-0.15, -0.1) is 0 Å². The van der Waals surface area contributed by atoms with Gasteiger partial charge in [0, 0.05) is 12.6 Å². The predicted molar refractivity (Wildman–Crippen MR) is 79.5 cm³/mol. The lowest BCUT2D eigenvalue weighted by Gasteiger charge is -2.31. The number of methoxy groups -OCH3 is 1. The van der Waals surface area contributed by atoms with Crippen molar-refractivity contribution < 1.29 is 19.1 Å². The van der Waals surface area contributed by atoms with E-state index in [1.807, 2.05) is 32.7 Å². The van der Waals surface area contributed by atoms with E-state index in [9.17, 15) is 9.59 Å². The summed E-state index contributed by atoms with van der Waals surface area (Å²) in [7, 11) is 1.41. The largest absolute Gasteiger partial charge is 0.469 e. The van der Waals surface area contributed by atoms with Gasteiger partial charge < -0.3 is 9.47 Å². The van der Waals surface area contributed by atoms with E-state index in [4.69, 9.17) is 9.47 Å². The zero-order valence-electron chi connectivity index (χ0n) is 13.8. The molecule has 1 fully saturated rings. The van der Waals surface area contributed by atoms with Crippen LogP contribution >= 0.6 is 0 Å². The number of hydrogen-bond donors (Lipinski definition) is 1. The molecule has 1 N–H and O–H groups in total. The Hall–Kier alpha value is -1.30. The Morgan fingerprint density at radius 2 is 2.05 bits per heavy atom. The third-order valence-electron chi connectivity index (χ3n) is 3.50. The van der Waals surface area contributed by atoms with Crippen LogP contribution in [-0.2, 0) is 14.3 Å². The molecular weight excluding hydrogens is 272 g/mol. The van der Waals surface area contributed by atoms with Crippen LogP contribution < -0.4 is 5.43 Å². The molecule has 0 bridgehead atoms.